The molecule has 0 bridgehead atoms. The Morgan fingerprint density at radius 3 is 2.08 bits per heavy atom. The van der Waals surface area contributed by atoms with Crippen molar-refractivity contribution in [2.75, 3.05) is 17.4 Å². The number of rotatable bonds is 11. The van der Waals surface area contributed by atoms with Crippen molar-refractivity contribution in [1.29, 1.82) is 0 Å². The van der Waals surface area contributed by atoms with Crippen molar-refractivity contribution in [2.24, 2.45) is 5.92 Å². The van der Waals surface area contributed by atoms with Gasteiger partial charge in [-0.05, 0) is 54.8 Å². The van der Waals surface area contributed by atoms with E-state index >= 15 is 0 Å². The lowest BCUT2D eigenvalue weighted by atomic mass is 10.1. The minimum Gasteiger partial charge on any atom is -0.354 e. The van der Waals surface area contributed by atoms with Gasteiger partial charge in [0.05, 0.1) is 10.6 Å². The molecule has 0 spiro atoms. The highest BCUT2D eigenvalue weighted by atomic mass is 35.5. The molecular weight excluding hydrogens is 545 g/mol. The number of benzene rings is 3. The summed E-state index contributed by atoms with van der Waals surface area (Å²) in [6.45, 7) is 5.44. The van der Waals surface area contributed by atoms with Crippen LogP contribution in [-0.2, 0) is 26.2 Å². The van der Waals surface area contributed by atoms with Crippen LogP contribution in [0.3, 0.4) is 0 Å². The molecule has 3 aromatic carbocycles. The Balaban J connectivity index is 2.00. The van der Waals surface area contributed by atoms with Crippen LogP contribution in [0.5, 0.6) is 0 Å². The summed E-state index contributed by atoms with van der Waals surface area (Å²) < 4.78 is 28.4. The first-order valence-electron chi connectivity index (χ1n) is 12.1. The maximum absolute atomic E-state index is 13.8. The van der Waals surface area contributed by atoms with E-state index in [0.29, 0.717) is 27.8 Å². The van der Waals surface area contributed by atoms with Gasteiger partial charge >= 0.3 is 0 Å². The van der Waals surface area contributed by atoms with E-state index in [9.17, 15) is 18.0 Å². The van der Waals surface area contributed by atoms with E-state index < -0.39 is 28.5 Å². The van der Waals surface area contributed by atoms with Crippen molar-refractivity contribution < 1.29 is 18.0 Å². The van der Waals surface area contributed by atoms with Crippen LogP contribution in [0, 0.1) is 5.92 Å². The van der Waals surface area contributed by atoms with Crippen LogP contribution in [0.2, 0.25) is 10.0 Å². The van der Waals surface area contributed by atoms with Crippen molar-refractivity contribution >= 4 is 50.7 Å². The Hall–Kier alpha value is -3.07. The van der Waals surface area contributed by atoms with Gasteiger partial charge in [-0.1, -0.05) is 79.5 Å². The lowest BCUT2D eigenvalue weighted by Gasteiger charge is -2.32. The lowest BCUT2D eigenvalue weighted by Crippen LogP contribution is -2.51. The first-order chi connectivity index (χ1) is 18.0. The highest BCUT2D eigenvalue weighted by Gasteiger charge is 2.32. The van der Waals surface area contributed by atoms with Crippen LogP contribution < -0.4 is 9.62 Å². The average molecular weight is 577 g/mol. The average Bonchev–Trinajstić information content (AvgIpc) is 2.90. The Bertz CT molecular complexity index is 1350. The van der Waals surface area contributed by atoms with Crippen molar-refractivity contribution in [3.63, 3.8) is 0 Å². The standard InChI is InChI=1S/C28H31Cl2N3O4S/c1-20(2)17-31-28(35)21(3)32(18-22-14-15-23(29)16-26(22)30)27(34)19-33(24-10-6-4-7-11-24)38(36,37)25-12-8-5-9-13-25/h4-16,20-21H,17-19H2,1-3H3,(H,31,35)/t21-/m1/s1. The molecular formula is C28H31Cl2N3O4S. The Morgan fingerprint density at radius 2 is 1.50 bits per heavy atom. The maximum atomic E-state index is 13.8. The van der Waals surface area contributed by atoms with E-state index in [-0.39, 0.29) is 23.3 Å². The molecule has 0 aliphatic heterocycles. The summed E-state index contributed by atoms with van der Waals surface area (Å²) in [6.07, 6.45) is 0. The molecule has 0 aliphatic rings. The third kappa shape index (κ3) is 7.49. The van der Waals surface area contributed by atoms with E-state index in [2.05, 4.69) is 5.32 Å². The van der Waals surface area contributed by atoms with Crippen LogP contribution in [0.4, 0.5) is 5.69 Å². The van der Waals surface area contributed by atoms with E-state index in [1.807, 2.05) is 13.8 Å². The van der Waals surface area contributed by atoms with Crippen molar-refractivity contribution in [3.05, 3.63) is 94.5 Å². The quantitative estimate of drug-likeness (QED) is 0.332. The summed E-state index contributed by atoms with van der Waals surface area (Å²) in [5, 5.41) is 3.62. The number of carbonyl (C=O) groups excluding carboxylic acids is 2. The van der Waals surface area contributed by atoms with Gasteiger partial charge in [-0.2, -0.15) is 0 Å². The zero-order valence-electron chi connectivity index (χ0n) is 21.5. The number of para-hydroxylation sites is 1. The second-order valence-electron chi connectivity index (χ2n) is 9.23. The summed E-state index contributed by atoms with van der Waals surface area (Å²) in [4.78, 5) is 28.2. The minimum atomic E-state index is -4.09. The third-order valence-electron chi connectivity index (χ3n) is 5.86. The van der Waals surface area contributed by atoms with Gasteiger partial charge in [0.15, 0.2) is 0 Å². The number of nitrogens with one attached hydrogen (secondary N) is 1. The smallest absolute Gasteiger partial charge is 0.264 e. The molecule has 0 radical (unpaired) electrons. The number of nitrogens with zero attached hydrogens (tertiary/aromatic N) is 2. The summed E-state index contributed by atoms with van der Waals surface area (Å²) in [7, 11) is -4.09. The van der Waals surface area contributed by atoms with E-state index in [1.54, 1.807) is 73.7 Å². The fourth-order valence-electron chi connectivity index (χ4n) is 3.71. The molecule has 0 saturated heterocycles. The molecule has 0 saturated carbocycles. The molecule has 38 heavy (non-hydrogen) atoms. The van der Waals surface area contributed by atoms with Gasteiger partial charge in [0.25, 0.3) is 10.0 Å². The first-order valence-corrected chi connectivity index (χ1v) is 14.3. The molecule has 1 N–H and O–H groups in total. The lowest BCUT2D eigenvalue weighted by molar-refractivity contribution is -0.139. The molecule has 202 valence electrons. The molecule has 7 nitrogen and oxygen atoms in total. The topological polar surface area (TPSA) is 86.8 Å². The van der Waals surface area contributed by atoms with Crippen molar-refractivity contribution in [1.82, 2.24) is 10.2 Å². The Kier molecular flexibility index (Phi) is 10.2. The number of halogens is 2. The summed E-state index contributed by atoms with van der Waals surface area (Å²) >= 11 is 12.4. The Labute approximate surface area is 234 Å². The summed E-state index contributed by atoms with van der Waals surface area (Å²) in [5.74, 6) is -0.702. The molecule has 0 unspecified atom stereocenters. The molecule has 2 amide bonds. The highest BCUT2D eigenvalue weighted by molar-refractivity contribution is 7.92. The van der Waals surface area contributed by atoms with Gasteiger partial charge < -0.3 is 10.2 Å². The molecule has 0 fully saturated rings. The van der Waals surface area contributed by atoms with Crippen LogP contribution >= 0.6 is 23.2 Å². The number of hydrogen-bond acceptors (Lipinski definition) is 4. The zero-order chi connectivity index (χ0) is 27.9. The predicted molar refractivity (Wildman–Crippen MR) is 152 cm³/mol. The fourth-order valence-corrected chi connectivity index (χ4v) is 5.61. The van der Waals surface area contributed by atoms with Gasteiger partial charge in [0.1, 0.15) is 12.6 Å². The normalized spacial score (nSPS) is 12.2. The number of anilines is 1. The summed E-state index contributed by atoms with van der Waals surface area (Å²) in [6, 6.07) is 20.3. The summed E-state index contributed by atoms with van der Waals surface area (Å²) in [5.41, 5.74) is 0.899. The van der Waals surface area contributed by atoms with Crippen molar-refractivity contribution in [3.8, 4) is 0 Å². The second-order valence-corrected chi connectivity index (χ2v) is 11.9. The molecule has 0 aromatic heterocycles. The van der Waals surface area contributed by atoms with Gasteiger partial charge in [-0.3, -0.25) is 13.9 Å². The monoisotopic (exact) mass is 575 g/mol. The SMILES string of the molecule is CC(C)CNC(=O)[C@@H](C)N(Cc1ccc(Cl)cc1Cl)C(=O)CN(c1ccccc1)S(=O)(=O)c1ccccc1. The molecule has 3 rings (SSSR count). The van der Waals surface area contributed by atoms with E-state index in [0.717, 1.165) is 4.31 Å². The zero-order valence-corrected chi connectivity index (χ0v) is 23.8. The van der Waals surface area contributed by atoms with Crippen molar-refractivity contribution in [2.45, 2.75) is 38.3 Å². The van der Waals surface area contributed by atoms with Crippen LogP contribution in [0.25, 0.3) is 0 Å². The molecule has 10 heteroatoms. The number of amides is 2. The molecule has 0 heterocycles. The van der Waals surface area contributed by atoms with Crippen LogP contribution in [-0.4, -0.2) is 44.3 Å². The Morgan fingerprint density at radius 1 is 0.895 bits per heavy atom. The molecule has 0 aliphatic carbocycles. The van der Waals surface area contributed by atoms with Gasteiger partial charge in [0, 0.05) is 23.1 Å². The minimum absolute atomic E-state index is 0.0148. The van der Waals surface area contributed by atoms with E-state index in [1.165, 1.54) is 17.0 Å². The largest absolute Gasteiger partial charge is 0.354 e. The van der Waals surface area contributed by atoms with Gasteiger partial charge in [-0.15, -0.1) is 0 Å². The fraction of sp³-hybridized carbons (Fsp3) is 0.286. The first kappa shape index (κ1) is 29.5. The predicted octanol–water partition coefficient (Wildman–Crippen LogP) is 5.38. The number of carbonyl (C=O) groups is 2. The number of hydrogen-bond donors (Lipinski definition) is 1. The van der Waals surface area contributed by atoms with Gasteiger partial charge in [-0.25, -0.2) is 8.42 Å². The number of sulfonamides is 1. The second kappa shape index (κ2) is 13.1. The van der Waals surface area contributed by atoms with Crippen LogP contribution in [0.1, 0.15) is 26.3 Å². The molecule has 1 atom stereocenters. The van der Waals surface area contributed by atoms with Gasteiger partial charge in [0.2, 0.25) is 11.8 Å². The maximum Gasteiger partial charge on any atom is 0.264 e. The van der Waals surface area contributed by atoms with E-state index in [4.69, 9.17) is 23.2 Å². The van der Waals surface area contributed by atoms with Crippen LogP contribution in [0.15, 0.2) is 83.8 Å². The highest BCUT2D eigenvalue weighted by Crippen LogP contribution is 2.26. The molecule has 3 aromatic rings. The third-order valence-corrected chi connectivity index (χ3v) is 8.24.